The Bertz CT molecular complexity index is 1000. The molecule has 6 nitrogen and oxygen atoms in total. The monoisotopic (exact) mass is 337 g/mol. The van der Waals surface area contributed by atoms with E-state index in [0.717, 1.165) is 23.0 Å². The number of rotatable bonds is 3. The summed E-state index contributed by atoms with van der Waals surface area (Å²) in [4.78, 5) is 32.5. The minimum absolute atomic E-state index is 0.115. The number of amides is 1. The third-order valence-electron chi connectivity index (χ3n) is 4.61. The number of hydrogen-bond donors (Lipinski definition) is 2. The number of aromatic nitrogens is 2. The van der Waals surface area contributed by atoms with Crippen molar-refractivity contribution in [1.82, 2.24) is 14.9 Å². The molecule has 0 fully saturated rings. The van der Waals surface area contributed by atoms with E-state index in [9.17, 15) is 9.59 Å². The Morgan fingerprint density at radius 2 is 2.16 bits per heavy atom. The Kier molecular flexibility index (Phi) is 3.80. The first-order valence-corrected chi connectivity index (χ1v) is 8.30. The van der Waals surface area contributed by atoms with E-state index in [1.54, 1.807) is 11.8 Å². The first kappa shape index (κ1) is 15.5. The van der Waals surface area contributed by atoms with E-state index < -0.39 is 0 Å². The van der Waals surface area contributed by atoms with Crippen LogP contribution < -0.4 is 10.2 Å². The van der Waals surface area contributed by atoms with Crippen molar-refractivity contribution in [2.24, 2.45) is 0 Å². The van der Waals surface area contributed by atoms with E-state index in [4.69, 9.17) is 4.74 Å². The number of aryl methyl sites for hydroxylation is 1. The highest BCUT2D eigenvalue weighted by atomic mass is 16.5. The second kappa shape index (κ2) is 6.12. The molecule has 3 heterocycles. The van der Waals surface area contributed by atoms with Gasteiger partial charge in [-0.15, -0.1) is 0 Å². The molecule has 0 saturated carbocycles. The molecule has 0 radical (unpaired) electrons. The minimum Gasteiger partial charge on any atom is -0.478 e. The van der Waals surface area contributed by atoms with Crippen LogP contribution in [0, 0.1) is 6.92 Å². The van der Waals surface area contributed by atoms with Gasteiger partial charge in [-0.3, -0.25) is 9.59 Å². The van der Waals surface area contributed by atoms with E-state index in [1.165, 1.54) is 23.5 Å². The highest BCUT2D eigenvalue weighted by Crippen LogP contribution is 2.27. The van der Waals surface area contributed by atoms with Crippen LogP contribution in [0.15, 0.2) is 41.3 Å². The number of carbonyl (C=O) groups is 1. The van der Waals surface area contributed by atoms with Gasteiger partial charge in [0.25, 0.3) is 5.91 Å². The fraction of sp³-hybridized carbons (Fsp3) is 0.263. The van der Waals surface area contributed by atoms with Gasteiger partial charge in [0.15, 0.2) is 12.4 Å². The molecule has 25 heavy (non-hydrogen) atoms. The lowest BCUT2D eigenvalue weighted by Gasteiger charge is -2.27. The maximum Gasteiger partial charge on any atom is 0.260 e. The SMILES string of the molecule is Cc1cc(=O)c(OCC(=O)N2CCc3[nH]c4ccccc4c3C2)c[nH]1. The second-order valence-electron chi connectivity index (χ2n) is 6.33. The predicted molar refractivity (Wildman–Crippen MR) is 94.7 cm³/mol. The van der Waals surface area contributed by atoms with Crippen molar-refractivity contribution >= 4 is 16.8 Å². The van der Waals surface area contributed by atoms with E-state index in [2.05, 4.69) is 16.0 Å². The van der Waals surface area contributed by atoms with Gasteiger partial charge in [0.1, 0.15) is 0 Å². The van der Waals surface area contributed by atoms with Crippen molar-refractivity contribution < 1.29 is 9.53 Å². The van der Waals surface area contributed by atoms with Crippen molar-refractivity contribution in [2.45, 2.75) is 19.9 Å². The van der Waals surface area contributed by atoms with Crippen molar-refractivity contribution in [3.63, 3.8) is 0 Å². The molecular weight excluding hydrogens is 318 g/mol. The van der Waals surface area contributed by atoms with Crippen molar-refractivity contribution in [3.05, 3.63) is 63.7 Å². The van der Waals surface area contributed by atoms with E-state index in [-0.39, 0.29) is 23.7 Å². The van der Waals surface area contributed by atoms with Crippen LogP contribution in [0.1, 0.15) is 17.0 Å². The van der Waals surface area contributed by atoms with Crippen molar-refractivity contribution in [2.75, 3.05) is 13.2 Å². The summed E-state index contributed by atoms with van der Waals surface area (Å²) in [6.07, 6.45) is 2.29. The number of aromatic amines is 2. The van der Waals surface area contributed by atoms with Gasteiger partial charge < -0.3 is 19.6 Å². The van der Waals surface area contributed by atoms with Gasteiger partial charge in [-0.25, -0.2) is 0 Å². The molecule has 0 atom stereocenters. The molecule has 6 heteroatoms. The lowest BCUT2D eigenvalue weighted by Crippen LogP contribution is -2.39. The van der Waals surface area contributed by atoms with E-state index in [1.807, 2.05) is 18.2 Å². The lowest BCUT2D eigenvalue weighted by molar-refractivity contribution is -0.134. The summed E-state index contributed by atoms with van der Waals surface area (Å²) in [5, 5.41) is 1.16. The fourth-order valence-electron chi connectivity index (χ4n) is 3.28. The molecule has 2 N–H and O–H groups in total. The number of pyridine rings is 1. The number of carbonyl (C=O) groups excluding carboxylic acids is 1. The van der Waals surface area contributed by atoms with E-state index in [0.29, 0.717) is 13.1 Å². The maximum atomic E-state index is 12.5. The van der Waals surface area contributed by atoms with Crippen LogP contribution in [0.4, 0.5) is 0 Å². The maximum absolute atomic E-state index is 12.5. The zero-order valence-electron chi connectivity index (χ0n) is 14.0. The Hall–Kier alpha value is -3.02. The van der Waals surface area contributed by atoms with E-state index >= 15 is 0 Å². The Morgan fingerprint density at radius 1 is 1.32 bits per heavy atom. The van der Waals surface area contributed by atoms with Crippen LogP contribution in [-0.4, -0.2) is 33.9 Å². The average molecular weight is 337 g/mol. The number of ether oxygens (including phenoxy) is 1. The second-order valence-corrected chi connectivity index (χ2v) is 6.33. The summed E-state index contributed by atoms with van der Waals surface area (Å²) in [7, 11) is 0. The molecule has 3 aromatic rings. The summed E-state index contributed by atoms with van der Waals surface area (Å²) >= 11 is 0. The third kappa shape index (κ3) is 2.91. The number of nitrogens with one attached hydrogen (secondary N) is 2. The number of fused-ring (bicyclic) bond motifs is 3. The largest absolute Gasteiger partial charge is 0.478 e. The number of benzene rings is 1. The Labute approximate surface area is 144 Å². The van der Waals surface area contributed by atoms with Crippen molar-refractivity contribution in [3.8, 4) is 5.75 Å². The lowest BCUT2D eigenvalue weighted by atomic mass is 10.0. The number of nitrogens with zero attached hydrogens (tertiary/aromatic N) is 1. The first-order chi connectivity index (χ1) is 12.1. The topological polar surface area (TPSA) is 78.2 Å². The highest BCUT2D eigenvalue weighted by Gasteiger charge is 2.24. The predicted octanol–water partition coefficient (Wildman–Crippen LogP) is 2.13. The Balaban J connectivity index is 1.47. The summed E-state index contributed by atoms with van der Waals surface area (Å²) in [6.45, 7) is 2.87. The summed E-state index contributed by atoms with van der Waals surface area (Å²) in [6, 6.07) is 9.58. The van der Waals surface area contributed by atoms with Crippen LogP contribution in [0.3, 0.4) is 0 Å². The number of H-pyrrole nitrogens is 2. The number of hydrogen-bond acceptors (Lipinski definition) is 3. The highest BCUT2D eigenvalue weighted by molar-refractivity contribution is 5.86. The average Bonchev–Trinajstić information content (AvgIpc) is 2.98. The molecule has 0 saturated heterocycles. The molecule has 0 aliphatic carbocycles. The molecular formula is C19H19N3O3. The minimum atomic E-state index is -0.221. The van der Waals surface area contributed by atoms with Gasteiger partial charge in [-0.2, -0.15) is 0 Å². The Morgan fingerprint density at radius 3 is 3.00 bits per heavy atom. The molecule has 4 rings (SSSR count). The molecule has 1 aromatic carbocycles. The summed E-state index contributed by atoms with van der Waals surface area (Å²) in [5.74, 6) is 0.0552. The van der Waals surface area contributed by atoms with Crippen LogP contribution in [0.5, 0.6) is 5.75 Å². The van der Waals surface area contributed by atoms with Crippen LogP contribution in [-0.2, 0) is 17.8 Å². The van der Waals surface area contributed by atoms with Gasteiger partial charge in [0, 0.05) is 59.6 Å². The van der Waals surface area contributed by atoms with Crippen LogP contribution in [0.2, 0.25) is 0 Å². The normalized spacial score (nSPS) is 13.7. The van der Waals surface area contributed by atoms with Gasteiger partial charge in [-0.1, -0.05) is 18.2 Å². The molecule has 128 valence electrons. The van der Waals surface area contributed by atoms with Gasteiger partial charge in [0.2, 0.25) is 5.43 Å². The molecule has 1 aliphatic heterocycles. The number of para-hydroxylation sites is 1. The van der Waals surface area contributed by atoms with Crippen LogP contribution >= 0.6 is 0 Å². The zero-order chi connectivity index (χ0) is 17.4. The van der Waals surface area contributed by atoms with Gasteiger partial charge in [0.05, 0.1) is 0 Å². The summed E-state index contributed by atoms with van der Waals surface area (Å²) in [5.41, 5.74) is 4.00. The quantitative estimate of drug-likeness (QED) is 0.768. The molecule has 1 amide bonds. The van der Waals surface area contributed by atoms with Gasteiger partial charge >= 0.3 is 0 Å². The molecule has 2 aromatic heterocycles. The van der Waals surface area contributed by atoms with Crippen molar-refractivity contribution in [1.29, 1.82) is 0 Å². The fourth-order valence-corrected chi connectivity index (χ4v) is 3.28. The molecule has 1 aliphatic rings. The molecule has 0 bridgehead atoms. The van der Waals surface area contributed by atoms with Gasteiger partial charge in [-0.05, 0) is 13.0 Å². The van der Waals surface area contributed by atoms with Crippen LogP contribution in [0.25, 0.3) is 10.9 Å². The standard InChI is InChI=1S/C19H19N3O3/c1-12-8-17(23)18(9-20-12)25-11-19(24)22-7-6-16-14(10-22)13-4-2-3-5-15(13)21-16/h2-5,8-9,21H,6-7,10-11H2,1H3,(H,20,23). The third-order valence-corrected chi connectivity index (χ3v) is 4.61. The molecule has 0 spiro atoms. The zero-order valence-corrected chi connectivity index (χ0v) is 14.0. The first-order valence-electron chi connectivity index (χ1n) is 8.30. The smallest absolute Gasteiger partial charge is 0.260 e. The summed E-state index contributed by atoms with van der Waals surface area (Å²) < 4.78 is 5.42. The molecule has 0 unspecified atom stereocenters.